The van der Waals surface area contributed by atoms with Crippen LogP contribution in [0.4, 0.5) is 0 Å². The molecule has 1 unspecified atom stereocenters. The van der Waals surface area contributed by atoms with E-state index in [2.05, 4.69) is 53.4 Å². The summed E-state index contributed by atoms with van der Waals surface area (Å²) in [5.41, 5.74) is 2.67. The zero-order chi connectivity index (χ0) is 18.9. The van der Waals surface area contributed by atoms with E-state index in [0.717, 1.165) is 71.5 Å². The topological polar surface area (TPSA) is 49.3 Å². The molecule has 6 heteroatoms. The number of nitrogens with zero attached hydrogens (tertiary/aromatic N) is 3. The molecule has 1 atom stereocenters. The summed E-state index contributed by atoms with van der Waals surface area (Å²) in [6.07, 6.45) is 1.14. The first-order valence-corrected chi connectivity index (χ1v) is 10.2. The van der Waals surface area contributed by atoms with Crippen molar-refractivity contribution >= 4 is 5.96 Å². The van der Waals surface area contributed by atoms with Crippen molar-refractivity contribution in [1.82, 2.24) is 15.1 Å². The molecule has 27 heavy (non-hydrogen) atoms. The minimum atomic E-state index is 0.604. The van der Waals surface area contributed by atoms with E-state index in [-0.39, 0.29) is 0 Å². The number of ether oxygens (including phenoxy) is 2. The lowest BCUT2D eigenvalue weighted by molar-refractivity contribution is 0.0341. The van der Waals surface area contributed by atoms with Gasteiger partial charge < -0.3 is 19.7 Å². The summed E-state index contributed by atoms with van der Waals surface area (Å²) >= 11 is 0. The van der Waals surface area contributed by atoms with Crippen LogP contribution < -0.4 is 5.32 Å². The molecule has 2 saturated heterocycles. The highest BCUT2D eigenvalue weighted by atomic mass is 16.5. The lowest BCUT2D eigenvalue weighted by Crippen LogP contribution is -2.41. The Balaban J connectivity index is 1.64. The van der Waals surface area contributed by atoms with Gasteiger partial charge in [0.15, 0.2) is 5.96 Å². The van der Waals surface area contributed by atoms with Crippen molar-refractivity contribution < 1.29 is 9.47 Å². The number of guanidine groups is 1. The van der Waals surface area contributed by atoms with Gasteiger partial charge in [0.25, 0.3) is 0 Å². The predicted octanol–water partition coefficient (Wildman–Crippen LogP) is 1.95. The maximum Gasteiger partial charge on any atom is 0.193 e. The van der Waals surface area contributed by atoms with Crippen molar-refractivity contribution in [3.8, 4) is 0 Å². The molecule has 150 valence electrons. The van der Waals surface area contributed by atoms with Crippen molar-refractivity contribution in [3.05, 3.63) is 35.4 Å². The molecule has 0 aromatic heterocycles. The van der Waals surface area contributed by atoms with Gasteiger partial charge in [0.1, 0.15) is 0 Å². The second-order valence-corrected chi connectivity index (χ2v) is 7.44. The van der Waals surface area contributed by atoms with Crippen LogP contribution in [-0.2, 0) is 22.6 Å². The third kappa shape index (κ3) is 6.19. The van der Waals surface area contributed by atoms with Crippen molar-refractivity contribution in [3.63, 3.8) is 0 Å². The normalized spacial score (nSPS) is 21.4. The Morgan fingerprint density at radius 1 is 1.19 bits per heavy atom. The molecule has 6 nitrogen and oxygen atoms in total. The molecule has 0 saturated carbocycles. The molecule has 0 amide bonds. The highest BCUT2D eigenvalue weighted by Gasteiger charge is 2.19. The van der Waals surface area contributed by atoms with Gasteiger partial charge in [-0.3, -0.25) is 4.90 Å². The lowest BCUT2D eigenvalue weighted by atomic mass is 10.1. The SMILES string of the molecule is CCNC(=NCc1ccccc1CN1CCOCC1)N(C)CC1CCOC1. The van der Waals surface area contributed by atoms with E-state index < -0.39 is 0 Å². The number of rotatable bonds is 7. The average Bonchev–Trinajstić information content (AvgIpc) is 3.20. The standard InChI is InChI=1S/C21H34N4O2/c1-3-22-21(24(2)15-18-8-11-27-17-18)23-14-19-6-4-5-7-20(19)16-25-9-12-26-13-10-25/h4-7,18H,3,8-17H2,1-2H3,(H,22,23). The number of hydrogen-bond donors (Lipinski definition) is 1. The first kappa shape index (κ1) is 20.1. The molecule has 0 bridgehead atoms. The van der Waals surface area contributed by atoms with E-state index in [0.29, 0.717) is 12.5 Å². The van der Waals surface area contributed by atoms with E-state index in [1.807, 2.05) is 0 Å². The predicted molar refractivity (Wildman–Crippen MR) is 109 cm³/mol. The number of nitrogens with one attached hydrogen (secondary N) is 1. The van der Waals surface area contributed by atoms with Gasteiger partial charge in [-0.15, -0.1) is 0 Å². The Hall–Kier alpha value is -1.63. The van der Waals surface area contributed by atoms with Crippen LogP contribution >= 0.6 is 0 Å². The Morgan fingerprint density at radius 3 is 2.67 bits per heavy atom. The summed E-state index contributed by atoms with van der Waals surface area (Å²) in [5, 5.41) is 3.44. The van der Waals surface area contributed by atoms with Crippen LogP contribution in [0.25, 0.3) is 0 Å². The maximum absolute atomic E-state index is 5.51. The fraction of sp³-hybridized carbons (Fsp3) is 0.667. The summed E-state index contributed by atoms with van der Waals surface area (Å²) in [4.78, 5) is 9.63. The summed E-state index contributed by atoms with van der Waals surface area (Å²) in [6, 6.07) is 8.67. The monoisotopic (exact) mass is 374 g/mol. The molecule has 2 heterocycles. The zero-order valence-electron chi connectivity index (χ0n) is 16.8. The van der Waals surface area contributed by atoms with Gasteiger partial charge in [0.05, 0.1) is 26.4 Å². The minimum absolute atomic E-state index is 0.604. The quantitative estimate of drug-likeness (QED) is 0.584. The summed E-state index contributed by atoms with van der Waals surface area (Å²) < 4.78 is 11.0. The Morgan fingerprint density at radius 2 is 1.96 bits per heavy atom. The van der Waals surface area contributed by atoms with Crippen LogP contribution in [0, 0.1) is 5.92 Å². The molecule has 0 radical (unpaired) electrons. The van der Waals surface area contributed by atoms with Crippen molar-refractivity contribution in [2.45, 2.75) is 26.4 Å². The van der Waals surface area contributed by atoms with Crippen LogP contribution in [0.2, 0.25) is 0 Å². The van der Waals surface area contributed by atoms with E-state index in [4.69, 9.17) is 14.5 Å². The fourth-order valence-corrected chi connectivity index (χ4v) is 3.70. The van der Waals surface area contributed by atoms with Gasteiger partial charge >= 0.3 is 0 Å². The zero-order valence-corrected chi connectivity index (χ0v) is 16.8. The molecule has 0 spiro atoms. The van der Waals surface area contributed by atoms with Gasteiger partial charge in [-0.1, -0.05) is 24.3 Å². The number of aliphatic imine (C=N–C) groups is 1. The van der Waals surface area contributed by atoms with Gasteiger partial charge in [0.2, 0.25) is 0 Å². The van der Waals surface area contributed by atoms with Gasteiger partial charge in [-0.05, 0) is 24.5 Å². The largest absolute Gasteiger partial charge is 0.381 e. The van der Waals surface area contributed by atoms with Crippen molar-refractivity contribution in [2.75, 3.05) is 59.7 Å². The Labute approximate surface area is 163 Å². The first-order chi connectivity index (χ1) is 13.3. The van der Waals surface area contributed by atoms with E-state index >= 15 is 0 Å². The van der Waals surface area contributed by atoms with Crippen LogP contribution in [-0.4, -0.2) is 75.4 Å². The first-order valence-electron chi connectivity index (χ1n) is 10.2. The minimum Gasteiger partial charge on any atom is -0.381 e. The van der Waals surface area contributed by atoms with Crippen LogP contribution in [0.5, 0.6) is 0 Å². The Bertz CT molecular complexity index is 596. The van der Waals surface area contributed by atoms with E-state index in [1.54, 1.807) is 0 Å². The molecule has 0 aliphatic carbocycles. The highest BCUT2D eigenvalue weighted by Crippen LogP contribution is 2.16. The maximum atomic E-state index is 5.51. The number of benzene rings is 1. The number of morpholine rings is 1. The lowest BCUT2D eigenvalue weighted by Gasteiger charge is -2.27. The van der Waals surface area contributed by atoms with Crippen LogP contribution in [0.15, 0.2) is 29.3 Å². The molecule has 1 N–H and O–H groups in total. The molecule has 1 aromatic rings. The molecule has 3 rings (SSSR count). The van der Waals surface area contributed by atoms with Crippen LogP contribution in [0.3, 0.4) is 0 Å². The molecule has 1 aromatic carbocycles. The highest BCUT2D eigenvalue weighted by molar-refractivity contribution is 5.79. The summed E-state index contributed by atoms with van der Waals surface area (Å²) in [5.74, 6) is 1.58. The fourth-order valence-electron chi connectivity index (χ4n) is 3.70. The molecule has 2 aliphatic rings. The van der Waals surface area contributed by atoms with Crippen molar-refractivity contribution in [2.24, 2.45) is 10.9 Å². The van der Waals surface area contributed by atoms with Crippen molar-refractivity contribution in [1.29, 1.82) is 0 Å². The Kier molecular flexibility index (Phi) is 7.93. The smallest absolute Gasteiger partial charge is 0.193 e. The second kappa shape index (κ2) is 10.6. The van der Waals surface area contributed by atoms with Gasteiger partial charge in [-0.2, -0.15) is 0 Å². The second-order valence-electron chi connectivity index (χ2n) is 7.44. The molecule has 2 aliphatic heterocycles. The van der Waals surface area contributed by atoms with E-state index in [9.17, 15) is 0 Å². The summed E-state index contributed by atoms with van der Waals surface area (Å²) in [6.45, 7) is 11.1. The molecular weight excluding hydrogens is 340 g/mol. The van der Waals surface area contributed by atoms with Gasteiger partial charge in [-0.25, -0.2) is 4.99 Å². The van der Waals surface area contributed by atoms with Gasteiger partial charge in [0, 0.05) is 52.3 Å². The van der Waals surface area contributed by atoms with Crippen LogP contribution in [0.1, 0.15) is 24.5 Å². The molecular formula is C21H34N4O2. The third-order valence-corrected chi connectivity index (χ3v) is 5.27. The number of hydrogen-bond acceptors (Lipinski definition) is 4. The average molecular weight is 375 g/mol. The third-order valence-electron chi connectivity index (χ3n) is 5.27. The molecule has 2 fully saturated rings. The summed E-state index contributed by atoms with van der Waals surface area (Å²) in [7, 11) is 2.12. The van der Waals surface area contributed by atoms with E-state index in [1.165, 1.54) is 11.1 Å².